The summed E-state index contributed by atoms with van der Waals surface area (Å²) in [6.07, 6.45) is 0. The smallest absolute Gasteiger partial charge is 0.123 e. The Bertz CT molecular complexity index is 577. The van der Waals surface area contributed by atoms with Gasteiger partial charge in [0.15, 0.2) is 0 Å². The van der Waals surface area contributed by atoms with Crippen molar-refractivity contribution in [3.63, 3.8) is 0 Å². The number of benzene rings is 2. The van der Waals surface area contributed by atoms with Crippen molar-refractivity contribution in [2.24, 2.45) is 5.73 Å². The third kappa shape index (κ3) is 3.88. The topological polar surface area (TPSA) is 35.2 Å². The van der Waals surface area contributed by atoms with Crippen LogP contribution in [-0.4, -0.2) is 12.9 Å². The molecule has 0 aliphatic heterocycles. The first-order valence-electron chi connectivity index (χ1n) is 6.07. The molecule has 0 aliphatic rings. The summed E-state index contributed by atoms with van der Waals surface area (Å²) in [6.45, 7) is 0. The van der Waals surface area contributed by atoms with E-state index in [0.29, 0.717) is 22.1 Å². The van der Waals surface area contributed by atoms with Crippen molar-refractivity contribution < 1.29 is 9.13 Å². The Kier molecular flexibility index (Phi) is 5.29. The van der Waals surface area contributed by atoms with Crippen LogP contribution in [0.2, 0.25) is 5.02 Å². The molecular formula is C15H15ClFNOS. The van der Waals surface area contributed by atoms with Crippen LogP contribution in [0.5, 0.6) is 5.75 Å². The molecule has 0 saturated heterocycles. The van der Waals surface area contributed by atoms with Crippen LogP contribution >= 0.6 is 23.4 Å². The molecule has 0 radical (unpaired) electrons. The van der Waals surface area contributed by atoms with Gasteiger partial charge in [-0.25, -0.2) is 4.39 Å². The molecule has 2 N–H and O–H groups in total. The fourth-order valence-electron chi connectivity index (χ4n) is 1.80. The lowest BCUT2D eigenvalue weighted by Gasteiger charge is -2.15. The van der Waals surface area contributed by atoms with Crippen molar-refractivity contribution >= 4 is 23.4 Å². The maximum absolute atomic E-state index is 13.3. The van der Waals surface area contributed by atoms with E-state index in [1.165, 1.54) is 12.1 Å². The van der Waals surface area contributed by atoms with Crippen molar-refractivity contribution in [2.45, 2.75) is 10.9 Å². The second-order valence-electron chi connectivity index (χ2n) is 4.26. The Morgan fingerprint density at radius 1 is 1.25 bits per heavy atom. The lowest BCUT2D eigenvalue weighted by Crippen LogP contribution is -2.14. The molecule has 0 spiro atoms. The summed E-state index contributed by atoms with van der Waals surface area (Å²) in [7, 11) is 1.55. The Morgan fingerprint density at radius 2 is 1.95 bits per heavy atom. The van der Waals surface area contributed by atoms with Crippen molar-refractivity contribution in [3.05, 3.63) is 58.9 Å². The number of thioether (sulfide) groups is 1. The highest BCUT2D eigenvalue weighted by molar-refractivity contribution is 7.99. The van der Waals surface area contributed by atoms with Crippen molar-refractivity contribution in [3.8, 4) is 5.75 Å². The molecule has 1 unspecified atom stereocenters. The van der Waals surface area contributed by atoms with E-state index < -0.39 is 0 Å². The molecule has 106 valence electrons. The van der Waals surface area contributed by atoms with Gasteiger partial charge in [0.05, 0.1) is 7.11 Å². The van der Waals surface area contributed by atoms with Gasteiger partial charge in [0, 0.05) is 27.3 Å². The molecule has 20 heavy (non-hydrogen) atoms. The van der Waals surface area contributed by atoms with Gasteiger partial charge in [-0.3, -0.25) is 0 Å². The molecule has 5 heteroatoms. The Balaban J connectivity index is 2.06. The Hall–Kier alpha value is -1.23. The van der Waals surface area contributed by atoms with E-state index in [2.05, 4.69) is 0 Å². The van der Waals surface area contributed by atoms with Gasteiger partial charge in [0.1, 0.15) is 11.6 Å². The summed E-state index contributed by atoms with van der Waals surface area (Å²) >= 11 is 7.43. The summed E-state index contributed by atoms with van der Waals surface area (Å²) in [6, 6.07) is 11.6. The zero-order valence-corrected chi connectivity index (χ0v) is 12.5. The van der Waals surface area contributed by atoms with Crippen LogP contribution < -0.4 is 10.5 Å². The molecule has 0 fully saturated rings. The van der Waals surface area contributed by atoms with Gasteiger partial charge in [0.2, 0.25) is 0 Å². The SMILES string of the molecule is COc1ccc(F)cc1C(N)CSc1ccc(Cl)cc1. The number of halogens is 2. The zero-order chi connectivity index (χ0) is 14.5. The van der Waals surface area contributed by atoms with E-state index in [1.54, 1.807) is 24.9 Å². The quantitative estimate of drug-likeness (QED) is 0.837. The maximum Gasteiger partial charge on any atom is 0.123 e. The summed E-state index contributed by atoms with van der Waals surface area (Å²) in [5, 5.41) is 0.699. The van der Waals surface area contributed by atoms with Crippen LogP contribution in [0.4, 0.5) is 4.39 Å². The normalized spacial score (nSPS) is 12.2. The van der Waals surface area contributed by atoms with Crippen molar-refractivity contribution in [1.29, 1.82) is 0 Å². The van der Waals surface area contributed by atoms with E-state index in [9.17, 15) is 4.39 Å². The highest BCUT2D eigenvalue weighted by atomic mass is 35.5. The first kappa shape index (κ1) is 15.2. The fraction of sp³-hybridized carbons (Fsp3) is 0.200. The largest absolute Gasteiger partial charge is 0.496 e. The van der Waals surface area contributed by atoms with E-state index >= 15 is 0 Å². The lowest BCUT2D eigenvalue weighted by atomic mass is 10.1. The number of rotatable bonds is 5. The molecule has 0 saturated carbocycles. The first-order chi connectivity index (χ1) is 9.60. The molecule has 1 atom stereocenters. The molecule has 0 bridgehead atoms. The van der Waals surface area contributed by atoms with Crippen LogP contribution in [0.25, 0.3) is 0 Å². The van der Waals surface area contributed by atoms with E-state index in [-0.39, 0.29) is 11.9 Å². The Labute approximate surface area is 127 Å². The molecule has 2 rings (SSSR count). The van der Waals surface area contributed by atoms with E-state index in [0.717, 1.165) is 4.90 Å². The fourth-order valence-corrected chi connectivity index (χ4v) is 2.81. The first-order valence-corrected chi connectivity index (χ1v) is 7.44. The van der Waals surface area contributed by atoms with Crippen LogP contribution in [0, 0.1) is 5.82 Å². The van der Waals surface area contributed by atoms with Crippen molar-refractivity contribution in [2.75, 3.05) is 12.9 Å². The van der Waals surface area contributed by atoms with Gasteiger partial charge in [0.25, 0.3) is 0 Å². The summed E-state index contributed by atoms with van der Waals surface area (Å²) in [4.78, 5) is 1.07. The molecule has 2 nitrogen and oxygen atoms in total. The minimum atomic E-state index is -0.312. The lowest BCUT2D eigenvalue weighted by molar-refractivity contribution is 0.405. The predicted molar refractivity (Wildman–Crippen MR) is 82.1 cm³/mol. The van der Waals surface area contributed by atoms with Gasteiger partial charge < -0.3 is 10.5 Å². The number of methoxy groups -OCH3 is 1. The highest BCUT2D eigenvalue weighted by Gasteiger charge is 2.13. The Morgan fingerprint density at radius 3 is 2.60 bits per heavy atom. The molecule has 0 aliphatic carbocycles. The average molecular weight is 312 g/mol. The maximum atomic E-state index is 13.3. The monoisotopic (exact) mass is 311 g/mol. The zero-order valence-electron chi connectivity index (χ0n) is 11.0. The minimum Gasteiger partial charge on any atom is -0.496 e. The third-order valence-electron chi connectivity index (χ3n) is 2.83. The van der Waals surface area contributed by atoms with Crippen molar-refractivity contribution in [1.82, 2.24) is 0 Å². The minimum absolute atomic E-state index is 0.304. The highest BCUT2D eigenvalue weighted by Crippen LogP contribution is 2.29. The van der Waals surface area contributed by atoms with Crippen LogP contribution in [0.15, 0.2) is 47.4 Å². The van der Waals surface area contributed by atoms with E-state index in [1.807, 2.05) is 24.3 Å². The number of hydrogen-bond donors (Lipinski definition) is 1. The molecule has 0 amide bonds. The number of hydrogen-bond acceptors (Lipinski definition) is 3. The molecule has 0 heterocycles. The number of nitrogens with two attached hydrogens (primary N) is 1. The predicted octanol–water partition coefficient (Wildman–Crippen LogP) is 4.28. The van der Waals surface area contributed by atoms with Gasteiger partial charge in [-0.15, -0.1) is 11.8 Å². The molecular weight excluding hydrogens is 297 g/mol. The van der Waals surface area contributed by atoms with Crippen LogP contribution in [0.3, 0.4) is 0 Å². The standard InChI is InChI=1S/C15H15ClFNOS/c1-19-15-7-4-11(17)8-13(15)14(18)9-20-12-5-2-10(16)3-6-12/h2-8,14H,9,18H2,1H3. The van der Waals surface area contributed by atoms with E-state index in [4.69, 9.17) is 22.1 Å². The van der Waals surface area contributed by atoms with Gasteiger partial charge in [-0.2, -0.15) is 0 Å². The van der Waals surface area contributed by atoms with Crippen LogP contribution in [-0.2, 0) is 0 Å². The second kappa shape index (κ2) is 6.97. The van der Waals surface area contributed by atoms with Crippen LogP contribution in [0.1, 0.15) is 11.6 Å². The molecule has 2 aromatic rings. The second-order valence-corrected chi connectivity index (χ2v) is 5.79. The van der Waals surface area contributed by atoms with Gasteiger partial charge in [-0.1, -0.05) is 11.6 Å². The summed E-state index contributed by atoms with van der Waals surface area (Å²) < 4.78 is 18.5. The molecule has 2 aromatic carbocycles. The third-order valence-corrected chi connectivity index (χ3v) is 4.22. The number of ether oxygens (including phenoxy) is 1. The summed E-state index contributed by atoms with van der Waals surface area (Å²) in [5.41, 5.74) is 6.80. The average Bonchev–Trinajstić information content (AvgIpc) is 2.46. The van der Waals surface area contributed by atoms with Gasteiger partial charge in [-0.05, 0) is 42.5 Å². The summed E-state index contributed by atoms with van der Waals surface area (Å²) in [5.74, 6) is 0.921. The molecule has 0 aromatic heterocycles. The van der Waals surface area contributed by atoms with Gasteiger partial charge >= 0.3 is 0 Å².